The van der Waals surface area contributed by atoms with Crippen molar-refractivity contribution in [1.29, 1.82) is 0 Å². The van der Waals surface area contributed by atoms with Crippen LogP contribution in [0, 0.1) is 0 Å². The van der Waals surface area contributed by atoms with Crippen molar-refractivity contribution in [3.63, 3.8) is 0 Å². The van der Waals surface area contributed by atoms with Gasteiger partial charge in [-0.2, -0.15) is 0 Å². The highest BCUT2D eigenvalue weighted by molar-refractivity contribution is 7.91. The highest BCUT2D eigenvalue weighted by atomic mass is 32.2. The summed E-state index contributed by atoms with van der Waals surface area (Å²) in [7, 11) is -2.19. The number of nitrogens with zero attached hydrogens (tertiary/aromatic N) is 3. The van der Waals surface area contributed by atoms with E-state index in [1.54, 1.807) is 54.4 Å². The number of methoxy groups -OCH3 is 1. The van der Waals surface area contributed by atoms with Crippen molar-refractivity contribution in [2.24, 2.45) is 0 Å². The first-order valence-electron chi connectivity index (χ1n) is 8.76. The van der Waals surface area contributed by atoms with E-state index in [1.807, 2.05) is 24.3 Å². The Balaban J connectivity index is 1.81. The van der Waals surface area contributed by atoms with Crippen LogP contribution in [-0.2, 0) is 9.84 Å². The summed E-state index contributed by atoms with van der Waals surface area (Å²) in [4.78, 5) is 0.313. The maximum atomic E-state index is 13.2. The molecule has 0 fully saturated rings. The van der Waals surface area contributed by atoms with Crippen LogP contribution < -0.4 is 10.5 Å². The van der Waals surface area contributed by atoms with E-state index >= 15 is 0 Å². The molecule has 4 rings (SSSR count). The van der Waals surface area contributed by atoms with Gasteiger partial charge in [-0.1, -0.05) is 35.5 Å². The lowest BCUT2D eigenvalue weighted by Crippen LogP contribution is -2.04. The summed E-state index contributed by atoms with van der Waals surface area (Å²) in [5.74, 6) is 0.631. The first kappa shape index (κ1) is 18.7. The number of ether oxygens (including phenoxy) is 1. The van der Waals surface area contributed by atoms with Gasteiger partial charge in [0.05, 0.1) is 23.1 Å². The fraction of sp³-hybridized carbons (Fsp3) is 0.0476. The van der Waals surface area contributed by atoms with Crippen molar-refractivity contribution in [2.45, 2.75) is 9.79 Å². The Morgan fingerprint density at radius 2 is 1.62 bits per heavy atom. The normalized spacial score (nSPS) is 11.3. The van der Waals surface area contributed by atoms with Gasteiger partial charge >= 0.3 is 0 Å². The molecule has 1 heterocycles. The van der Waals surface area contributed by atoms with Gasteiger partial charge in [0, 0.05) is 11.3 Å². The van der Waals surface area contributed by atoms with E-state index in [0.717, 1.165) is 0 Å². The average Bonchev–Trinajstić information content (AvgIpc) is 3.24. The molecule has 146 valence electrons. The van der Waals surface area contributed by atoms with Crippen LogP contribution in [0.25, 0.3) is 16.9 Å². The fourth-order valence-electron chi connectivity index (χ4n) is 3.01. The lowest BCUT2D eigenvalue weighted by molar-refractivity contribution is 0.411. The number of aromatic nitrogens is 3. The maximum Gasteiger partial charge on any atom is 0.207 e. The van der Waals surface area contributed by atoms with Crippen LogP contribution in [0.4, 0.5) is 5.69 Å². The van der Waals surface area contributed by atoms with Gasteiger partial charge in [0.1, 0.15) is 17.1 Å². The summed E-state index contributed by atoms with van der Waals surface area (Å²) in [5, 5.41) is 8.35. The topological polar surface area (TPSA) is 100 Å². The molecule has 1 aromatic heterocycles. The Bertz CT molecular complexity index is 1270. The molecule has 0 amide bonds. The number of hydrogen-bond acceptors (Lipinski definition) is 6. The van der Waals surface area contributed by atoms with Gasteiger partial charge in [0.2, 0.25) is 9.84 Å². The number of hydrogen-bond donors (Lipinski definition) is 1. The number of sulfone groups is 1. The van der Waals surface area contributed by atoms with Crippen LogP contribution in [0.3, 0.4) is 0 Å². The minimum Gasteiger partial charge on any atom is -0.494 e. The number of rotatable bonds is 5. The van der Waals surface area contributed by atoms with Crippen molar-refractivity contribution in [1.82, 2.24) is 15.0 Å². The van der Waals surface area contributed by atoms with Crippen LogP contribution in [0.5, 0.6) is 5.75 Å². The van der Waals surface area contributed by atoms with E-state index in [2.05, 4.69) is 10.3 Å². The monoisotopic (exact) mass is 406 g/mol. The van der Waals surface area contributed by atoms with Crippen LogP contribution in [0.2, 0.25) is 0 Å². The molecule has 0 spiro atoms. The molecule has 8 heteroatoms. The third-order valence-electron chi connectivity index (χ3n) is 4.47. The number of nitrogens with two attached hydrogens (primary N) is 1. The predicted molar refractivity (Wildman–Crippen MR) is 110 cm³/mol. The van der Waals surface area contributed by atoms with E-state index in [9.17, 15) is 8.42 Å². The molecule has 7 nitrogen and oxygen atoms in total. The summed E-state index contributed by atoms with van der Waals surface area (Å²) >= 11 is 0. The maximum absolute atomic E-state index is 13.2. The molecule has 0 aliphatic rings. The largest absolute Gasteiger partial charge is 0.494 e. The Labute approximate surface area is 168 Å². The Hall–Kier alpha value is -3.65. The minimum absolute atomic E-state index is 0.150. The molecule has 4 aromatic rings. The molecule has 0 saturated heterocycles. The molecule has 0 aliphatic heterocycles. The summed E-state index contributed by atoms with van der Waals surface area (Å²) in [6.07, 6.45) is 1.68. The third kappa shape index (κ3) is 3.45. The average molecular weight is 406 g/mol. The van der Waals surface area contributed by atoms with Crippen molar-refractivity contribution >= 4 is 15.5 Å². The zero-order valence-corrected chi connectivity index (χ0v) is 16.4. The molecule has 3 aromatic carbocycles. The van der Waals surface area contributed by atoms with E-state index in [-0.39, 0.29) is 9.79 Å². The number of nitrogen functional groups attached to an aromatic ring is 1. The van der Waals surface area contributed by atoms with Gasteiger partial charge in [0.15, 0.2) is 0 Å². The van der Waals surface area contributed by atoms with Crippen molar-refractivity contribution in [3.05, 3.63) is 79.0 Å². The van der Waals surface area contributed by atoms with Crippen LogP contribution in [-0.4, -0.2) is 30.5 Å². The molecule has 0 unspecified atom stereocenters. The van der Waals surface area contributed by atoms with Gasteiger partial charge in [-0.3, -0.25) is 0 Å². The standard InChI is InChI=1S/C21H18N4O3S/c1-28-20-8-4-3-7-19(20)25-14-18(23-24-25)17-6-2-5-9-21(17)29(26,27)16-12-10-15(22)11-13-16/h2-14H,22H2,1H3. The number of para-hydroxylation sites is 2. The van der Waals surface area contributed by atoms with Crippen LogP contribution in [0.1, 0.15) is 0 Å². The highest BCUT2D eigenvalue weighted by Crippen LogP contribution is 2.31. The Kier molecular flexibility index (Phi) is 4.77. The lowest BCUT2D eigenvalue weighted by atomic mass is 10.2. The second kappa shape index (κ2) is 7.40. The van der Waals surface area contributed by atoms with Gasteiger partial charge in [-0.15, -0.1) is 5.10 Å². The number of benzene rings is 3. The minimum atomic E-state index is -3.76. The summed E-state index contributed by atoms with van der Waals surface area (Å²) < 4.78 is 33.3. The molecular weight excluding hydrogens is 388 g/mol. The summed E-state index contributed by atoms with van der Waals surface area (Å²) in [5.41, 5.74) is 7.78. The molecule has 0 radical (unpaired) electrons. The Morgan fingerprint density at radius 3 is 2.38 bits per heavy atom. The first-order valence-corrected chi connectivity index (χ1v) is 10.2. The zero-order valence-electron chi connectivity index (χ0n) is 15.6. The van der Waals surface area contributed by atoms with Gasteiger partial charge in [-0.25, -0.2) is 13.1 Å². The number of anilines is 1. The second-order valence-electron chi connectivity index (χ2n) is 6.29. The Morgan fingerprint density at radius 1 is 0.931 bits per heavy atom. The smallest absolute Gasteiger partial charge is 0.207 e. The molecule has 0 saturated carbocycles. The van der Waals surface area contributed by atoms with Crippen LogP contribution in [0.15, 0.2) is 88.8 Å². The van der Waals surface area contributed by atoms with E-state index < -0.39 is 9.84 Å². The van der Waals surface area contributed by atoms with E-state index in [1.165, 1.54) is 12.1 Å². The summed E-state index contributed by atoms with van der Waals surface area (Å²) in [6, 6.07) is 20.2. The third-order valence-corrected chi connectivity index (χ3v) is 6.30. The molecule has 2 N–H and O–H groups in total. The van der Waals surface area contributed by atoms with Crippen molar-refractivity contribution in [2.75, 3.05) is 12.8 Å². The molecule has 0 atom stereocenters. The highest BCUT2D eigenvalue weighted by Gasteiger charge is 2.23. The molecule has 29 heavy (non-hydrogen) atoms. The molecule has 0 aliphatic carbocycles. The van der Waals surface area contributed by atoms with E-state index in [4.69, 9.17) is 10.5 Å². The first-order chi connectivity index (χ1) is 14.0. The molecular formula is C21H18N4O3S. The second-order valence-corrected chi connectivity index (χ2v) is 8.21. The lowest BCUT2D eigenvalue weighted by Gasteiger charge is -2.09. The zero-order chi connectivity index (χ0) is 20.4. The SMILES string of the molecule is COc1ccccc1-n1cc(-c2ccccc2S(=O)(=O)c2ccc(N)cc2)nn1. The summed E-state index contributed by atoms with van der Waals surface area (Å²) in [6.45, 7) is 0. The van der Waals surface area contributed by atoms with Gasteiger partial charge < -0.3 is 10.5 Å². The fourth-order valence-corrected chi connectivity index (χ4v) is 4.48. The quantitative estimate of drug-likeness (QED) is 0.510. The van der Waals surface area contributed by atoms with E-state index in [0.29, 0.717) is 28.4 Å². The van der Waals surface area contributed by atoms with Crippen molar-refractivity contribution in [3.8, 4) is 22.7 Å². The van der Waals surface area contributed by atoms with Gasteiger partial charge in [0.25, 0.3) is 0 Å². The van der Waals surface area contributed by atoms with Crippen molar-refractivity contribution < 1.29 is 13.2 Å². The van der Waals surface area contributed by atoms with Gasteiger partial charge in [-0.05, 0) is 42.5 Å². The van der Waals surface area contributed by atoms with Crippen LogP contribution >= 0.6 is 0 Å². The predicted octanol–water partition coefficient (Wildman–Crippen LogP) is 3.36. The molecule has 0 bridgehead atoms.